The summed E-state index contributed by atoms with van der Waals surface area (Å²) in [6.45, 7) is 3.07. The molecule has 0 aliphatic heterocycles. The fraction of sp³-hybridized carbons (Fsp3) is 0.704. The van der Waals surface area contributed by atoms with Gasteiger partial charge in [0.25, 0.3) is 0 Å². The number of ether oxygens (including phenoxy) is 2. The second kappa shape index (κ2) is 13.0. The van der Waals surface area contributed by atoms with Crippen LogP contribution in [0.1, 0.15) is 96.0 Å². The Bertz CT molecular complexity index is 783. The molecule has 182 valence electrons. The van der Waals surface area contributed by atoms with Crippen molar-refractivity contribution in [2.45, 2.75) is 96.5 Å². The summed E-state index contributed by atoms with van der Waals surface area (Å²) in [5.74, 6) is -1.47. The standard InChI is InChI=1S/C27H37F2NO3/c1-2-3-4-5-6-19-7-9-20(10-8-19)18-32-22-13-11-21(12-14-22)27(31)33-23-15-25(28)24(17-30)26(29)16-23/h15-16,19-22H,2-14,18H2,1H3/t19-,20-,21-,22-. The SMILES string of the molecule is CCCCCC[C@H]1CC[C@H](CO[C@H]2CC[C@H](C(=O)Oc3cc(F)c(C#N)c(F)c3)CC2)CC1. The van der Waals surface area contributed by atoms with Gasteiger partial charge >= 0.3 is 5.97 Å². The smallest absolute Gasteiger partial charge is 0.314 e. The summed E-state index contributed by atoms with van der Waals surface area (Å²) in [5.41, 5.74) is -0.673. The number of unbranched alkanes of at least 4 members (excludes halogenated alkanes) is 3. The van der Waals surface area contributed by atoms with Crippen LogP contribution in [0.4, 0.5) is 8.78 Å². The van der Waals surface area contributed by atoms with Crippen LogP contribution in [0.5, 0.6) is 5.75 Å². The van der Waals surface area contributed by atoms with Crippen molar-refractivity contribution in [3.63, 3.8) is 0 Å². The van der Waals surface area contributed by atoms with Gasteiger partial charge in [0.05, 0.1) is 12.0 Å². The van der Waals surface area contributed by atoms with Crippen molar-refractivity contribution in [1.82, 2.24) is 0 Å². The zero-order valence-corrected chi connectivity index (χ0v) is 19.8. The first-order valence-corrected chi connectivity index (χ1v) is 12.7. The lowest BCUT2D eigenvalue weighted by molar-refractivity contribution is -0.141. The highest BCUT2D eigenvalue weighted by Gasteiger charge is 2.29. The lowest BCUT2D eigenvalue weighted by Crippen LogP contribution is -2.30. The van der Waals surface area contributed by atoms with E-state index in [0.29, 0.717) is 18.8 Å². The molecule has 1 aromatic carbocycles. The minimum atomic E-state index is -1.03. The van der Waals surface area contributed by atoms with Crippen molar-refractivity contribution in [2.75, 3.05) is 6.61 Å². The minimum Gasteiger partial charge on any atom is -0.426 e. The van der Waals surface area contributed by atoms with Gasteiger partial charge in [-0.1, -0.05) is 51.9 Å². The van der Waals surface area contributed by atoms with E-state index < -0.39 is 23.2 Å². The van der Waals surface area contributed by atoms with E-state index in [1.165, 1.54) is 63.9 Å². The molecule has 0 bridgehead atoms. The third kappa shape index (κ3) is 7.78. The Morgan fingerprint density at radius 1 is 0.970 bits per heavy atom. The summed E-state index contributed by atoms with van der Waals surface area (Å²) in [4.78, 5) is 12.4. The number of hydrogen-bond acceptors (Lipinski definition) is 4. The molecule has 0 atom stereocenters. The number of carbonyl (C=O) groups is 1. The third-order valence-electron chi connectivity index (χ3n) is 7.35. The van der Waals surface area contributed by atoms with Gasteiger partial charge in [-0.05, 0) is 50.4 Å². The first-order valence-electron chi connectivity index (χ1n) is 12.7. The molecule has 4 nitrogen and oxygen atoms in total. The molecule has 0 aromatic heterocycles. The lowest BCUT2D eigenvalue weighted by Gasteiger charge is -2.31. The molecule has 0 N–H and O–H groups in total. The number of halogens is 2. The number of esters is 1. The van der Waals surface area contributed by atoms with E-state index in [4.69, 9.17) is 14.7 Å². The van der Waals surface area contributed by atoms with Gasteiger partial charge in [-0.2, -0.15) is 5.26 Å². The molecule has 2 aliphatic rings. The second-order valence-corrected chi connectivity index (χ2v) is 9.84. The summed E-state index contributed by atoms with van der Waals surface area (Å²) >= 11 is 0. The predicted molar refractivity (Wildman–Crippen MR) is 123 cm³/mol. The molecule has 2 aliphatic carbocycles. The Morgan fingerprint density at radius 3 is 2.21 bits per heavy atom. The van der Waals surface area contributed by atoms with E-state index in [0.717, 1.165) is 37.5 Å². The normalized spacial score (nSPS) is 25.4. The van der Waals surface area contributed by atoms with E-state index in [9.17, 15) is 13.6 Å². The number of carbonyl (C=O) groups excluding carboxylic acids is 1. The number of nitriles is 1. The van der Waals surface area contributed by atoms with Crippen LogP contribution >= 0.6 is 0 Å². The van der Waals surface area contributed by atoms with E-state index in [1.54, 1.807) is 0 Å². The molecule has 0 heterocycles. The molecular weight excluding hydrogens is 424 g/mol. The fourth-order valence-electron chi connectivity index (χ4n) is 5.20. The van der Waals surface area contributed by atoms with E-state index in [2.05, 4.69) is 6.92 Å². The monoisotopic (exact) mass is 461 g/mol. The second-order valence-electron chi connectivity index (χ2n) is 9.84. The van der Waals surface area contributed by atoms with Gasteiger partial charge in [0, 0.05) is 18.7 Å². The lowest BCUT2D eigenvalue weighted by atomic mass is 9.80. The average molecular weight is 462 g/mol. The zero-order valence-electron chi connectivity index (χ0n) is 19.8. The molecule has 2 saturated carbocycles. The van der Waals surface area contributed by atoms with Gasteiger partial charge in [-0.25, -0.2) is 8.78 Å². The summed E-state index contributed by atoms with van der Waals surface area (Å²) in [6.07, 6.45) is 15.0. The van der Waals surface area contributed by atoms with Crippen LogP contribution in [0, 0.1) is 40.7 Å². The Labute approximate surface area is 196 Å². The summed E-state index contributed by atoms with van der Waals surface area (Å²) in [6, 6.07) is 3.22. The van der Waals surface area contributed by atoms with Gasteiger partial charge in [0.2, 0.25) is 0 Å². The molecule has 6 heteroatoms. The van der Waals surface area contributed by atoms with E-state index in [1.807, 2.05) is 0 Å². The number of hydrogen-bond donors (Lipinski definition) is 0. The molecular formula is C27H37F2NO3. The molecule has 33 heavy (non-hydrogen) atoms. The zero-order chi connectivity index (χ0) is 23.6. The summed E-state index contributed by atoms with van der Waals surface area (Å²) in [5, 5.41) is 8.74. The maximum absolute atomic E-state index is 13.7. The van der Waals surface area contributed by atoms with Crippen molar-refractivity contribution < 1.29 is 23.0 Å². The van der Waals surface area contributed by atoms with Crippen LogP contribution in [0.25, 0.3) is 0 Å². The summed E-state index contributed by atoms with van der Waals surface area (Å²) in [7, 11) is 0. The van der Waals surface area contributed by atoms with Crippen LogP contribution in [0.3, 0.4) is 0 Å². The molecule has 2 fully saturated rings. The fourth-order valence-corrected chi connectivity index (χ4v) is 5.20. The topological polar surface area (TPSA) is 59.3 Å². The number of benzene rings is 1. The molecule has 1 aromatic rings. The maximum Gasteiger partial charge on any atom is 0.314 e. The Balaban J connectivity index is 1.33. The van der Waals surface area contributed by atoms with Gasteiger partial charge in [-0.15, -0.1) is 0 Å². The van der Waals surface area contributed by atoms with Gasteiger partial charge < -0.3 is 9.47 Å². The van der Waals surface area contributed by atoms with Crippen LogP contribution in [0.2, 0.25) is 0 Å². The summed E-state index contributed by atoms with van der Waals surface area (Å²) < 4.78 is 38.8. The van der Waals surface area contributed by atoms with Gasteiger partial charge in [-0.3, -0.25) is 4.79 Å². The first-order chi connectivity index (χ1) is 16.0. The Morgan fingerprint density at radius 2 is 1.61 bits per heavy atom. The average Bonchev–Trinajstić information content (AvgIpc) is 2.81. The predicted octanol–water partition coefficient (Wildman–Crippen LogP) is 7.09. The van der Waals surface area contributed by atoms with Gasteiger partial charge in [0.1, 0.15) is 29.0 Å². The number of nitrogens with zero attached hydrogens (tertiary/aromatic N) is 1. The quantitative estimate of drug-likeness (QED) is 0.212. The van der Waals surface area contributed by atoms with Crippen LogP contribution in [0.15, 0.2) is 12.1 Å². The van der Waals surface area contributed by atoms with Crippen molar-refractivity contribution in [2.24, 2.45) is 17.8 Å². The van der Waals surface area contributed by atoms with Crippen LogP contribution in [-0.4, -0.2) is 18.7 Å². The van der Waals surface area contributed by atoms with Gasteiger partial charge in [0.15, 0.2) is 0 Å². The first kappa shape index (κ1) is 25.6. The molecule has 0 unspecified atom stereocenters. The molecule has 0 amide bonds. The largest absolute Gasteiger partial charge is 0.426 e. The van der Waals surface area contributed by atoms with Crippen molar-refractivity contribution in [3.05, 3.63) is 29.3 Å². The highest BCUT2D eigenvalue weighted by molar-refractivity contribution is 5.75. The molecule has 0 spiro atoms. The van der Waals surface area contributed by atoms with Crippen molar-refractivity contribution in [1.29, 1.82) is 5.26 Å². The molecule has 0 radical (unpaired) electrons. The van der Waals surface area contributed by atoms with E-state index >= 15 is 0 Å². The van der Waals surface area contributed by atoms with Crippen molar-refractivity contribution >= 4 is 5.97 Å². The minimum absolute atomic E-state index is 0.172. The highest BCUT2D eigenvalue weighted by atomic mass is 19.1. The Kier molecular flexibility index (Phi) is 10.1. The molecule has 3 rings (SSSR count). The van der Waals surface area contributed by atoms with Crippen LogP contribution < -0.4 is 4.74 Å². The van der Waals surface area contributed by atoms with Crippen LogP contribution in [-0.2, 0) is 9.53 Å². The Hall–Kier alpha value is -2.00. The molecule has 0 saturated heterocycles. The maximum atomic E-state index is 13.7. The third-order valence-corrected chi connectivity index (χ3v) is 7.35. The number of rotatable bonds is 10. The van der Waals surface area contributed by atoms with Crippen molar-refractivity contribution in [3.8, 4) is 11.8 Å². The highest BCUT2D eigenvalue weighted by Crippen LogP contribution is 2.34. The van der Waals surface area contributed by atoms with E-state index in [-0.39, 0.29) is 17.8 Å².